The van der Waals surface area contributed by atoms with Gasteiger partial charge in [-0.05, 0) is 42.8 Å². The Kier molecular flexibility index (Phi) is 6.08. The number of amides is 2. The minimum atomic E-state index is -0.625. The molecule has 1 aliphatic heterocycles. The monoisotopic (exact) mass is 431 g/mol. The van der Waals surface area contributed by atoms with Crippen LogP contribution in [-0.2, 0) is 16.0 Å². The molecule has 0 aromatic heterocycles. The molecule has 2 amide bonds. The van der Waals surface area contributed by atoms with Crippen LogP contribution in [0.15, 0.2) is 52.0 Å². The topological polar surface area (TPSA) is 89.0 Å². The fourth-order valence-corrected chi connectivity index (χ4v) is 2.81. The molecule has 2 N–H and O–H groups in total. The van der Waals surface area contributed by atoms with Gasteiger partial charge in [-0.2, -0.15) is 5.10 Å². The summed E-state index contributed by atoms with van der Waals surface area (Å²) in [7, 11) is 0. The van der Waals surface area contributed by atoms with Crippen molar-refractivity contribution in [2.24, 2.45) is 5.10 Å². The van der Waals surface area contributed by atoms with Crippen molar-refractivity contribution in [3.05, 3.63) is 58.1 Å². The number of anilines is 1. The fourth-order valence-electron chi connectivity index (χ4n) is 2.54. The highest BCUT2D eigenvalue weighted by Crippen LogP contribution is 2.29. The maximum atomic E-state index is 11.6. The number of hydrazone groups is 1. The predicted molar refractivity (Wildman–Crippen MR) is 105 cm³/mol. The summed E-state index contributed by atoms with van der Waals surface area (Å²) < 4.78 is 11.2. The number of hydrogen-bond donors (Lipinski definition) is 2. The highest BCUT2D eigenvalue weighted by molar-refractivity contribution is 9.10. The number of fused-ring (bicyclic) bond motifs is 1. The molecule has 7 nitrogen and oxygen atoms in total. The zero-order valence-electron chi connectivity index (χ0n) is 14.6. The summed E-state index contributed by atoms with van der Waals surface area (Å²) >= 11 is 3.41. The molecular weight excluding hydrogens is 414 g/mol. The number of halogens is 1. The van der Waals surface area contributed by atoms with E-state index in [2.05, 4.69) is 31.8 Å². The first-order chi connectivity index (χ1) is 13.0. The third-order valence-electron chi connectivity index (χ3n) is 3.79. The normalized spacial score (nSPS) is 13.3. The number of nitrogens with zero attached hydrogens (tertiary/aromatic N) is 1. The highest BCUT2D eigenvalue weighted by atomic mass is 79.9. The van der Waals surface area contributed by atoms with E-state index in [0.29, 0.717) is 23.6 Å². The van der Waals surface area contributed by atoms with E-state index in [-0.39, 0.29) is 19.1 Å². The average Bonchev–Trinajstić information content (AvgIpc) is 2.66. The van der Waals surface area contributed by atoms with Crippen LogP contribution < -0.4 is 15.5 Å². The van der Waals surface area contributed by atoms with Gasteiger partial charge in [0.25, 0.3) is 5.91 Å². The number of carbonyl (C=O) groups excluding carboxylic acids is 2. The van der Waals surface area contributed by atoms with E-state index >= 15 is 0 Å². The summed E-state index contributed by atoms with van der Waals surface area (Å²) in [5, 5.41) is 7.00. The van der Waals surface area contributed by atoms with Gasteiger partial charge in [-0.25, -0.2) is 10.2 Å². The van der Waals surface area contributed by atoms with Gasteiger partial charge in [-0.15, -0.1) is 0 Å². The summed E-state index contributed by atoms with van der Waals surface area (Å²) in [5.74, 6) is 0.385. The zero-order chi connectivity index (χ0) is 19.2. The zero-order valence-corrected chi connectivity index (χ0v) is 16.2. The van der Waals surface area contributed by atoms with Gasteiger partial charge in [0.05, 0.1) is 18.0 Å². The lowest BCUT2D eigenvalue weighted by atomic mass is 10.0. The lowest BCUT2D eigenvalue weighted by Gasteiger charge is -2.19. The SMILES string of the molecule is CCOC(=O)N/N=C(/Cc1ccc(Br)cc1)c1ccc2c(c1)NC(=O)CO2. The molecule has 0 saturated carbocycles. The summed E-state index contributed by atoms with van der Waals surface area (Å²) in [6.45, 7) is 1.97. The van der Waals surface area contributed by atoms with Crippen LogP contribution in [-0.4, -0.2) is 30.9 Å². The Hall–Kier alpha value is -2.87. The average molecular weight is 432 g/mol. The van der Waals surface area contributed by atoms with Gasteiger partial charge in [0.2, 0.25) is 0 Å². The summed E-state index contributed by atoms with van der Waals surface area (Å²) in [6.07, 6.45) is -0.145. The van der Waals surface area contributed by atoms with Gasteiger partial charge in [0, 0.05) is 16.5 Å². The molecule has 0 spiro atoms. The van der Waals surface area contributed by atoms with Gasteiger partial charge in [-0.1, -0.05) is 28.1 Å². The van der Waals surface area contributed by atoms with E-state index in [0.717, 1.165) is 15.6 Å². The van der Waals surface area contributed by atoms with E-state index in [1.165, 1.54) is 0 Å². The third-order valence-corrected chi connectivity index (χ3v) is 4.32. The fraction of sp³-hybridized carbons (Fsp3) is 0.211. The van der Waals surface area contributed by atoms with Crippen LogP contribution in [0, 0.1) is 0 Å². The number of carbonyl (C=O) groups is 2. The first-order valence-corrected chi connectivity index (χ1v) is 9.15. The molecule has 0 radical (unpaired) electrons. The Balaban J connectivity index is 1.89. The van der Waals surface area contributed by atoms with Crippen LogP contribution >= 0.6 is 15.9 Å². The minimum Gasteiger partial charge on any atom is -0.482 e. The molecule has 140 valence electrons. The van der Waals surface area contributed by atoms with Gasteiger partial charge in [0.15, 0.2) is 6.61 Å². The maximum absolute atomic E-state index is 11.6. The molecule has 27 heavy (non-hydrogen) atoms. The van der Waals surface area contributed by atoms with Crippen molar-refractivity contribution in [2.75, 3.05) is 18.5 Å². The maximum Gasteiger partial charge on any atom is 0.427 e. The van der Waals surface area contributed by atoms with Gasteiger partial charge >= 0.3 is 6.09 Å². The van der Waals surface area contributed by atoms with Gasteiger partial charge in [0.1, 0.15) is 5.75 Å². The van der Waals surface area contributed by atoms with Gasteiger partial charge in [-0.3, -0.25) is 4.79 Å². The molecule has 0 bridgehead atoms. The number of nitrogens with one attached hydrogen (secondary N) is 2. The number of ether oxygens (including phenoxy) is 2. The molecule has 0 aliphatic carbocycles. The van der Waals surface area contributed by atoms with Crippen LogP contribution in [0.3, 0.4) is 0 Å². The van der Waals surface area contributed by atoms with Gasteiger partial charge < -0.3 is 14.8 Å². The standard InChI is InChI=1S/C19H18BrN3O4/c1-2-26-19(25)23-22-15(9-12-3-6-14(20)7-4-12)13-5-8-17-16(10-13)21-18(24)11-27-17/h3-8,10H,2,9,11H2,1H3,(H,21,24)(H,23,25)/b22-15-. The first kappa shape index (κ1) is 18.9. The largest absolute Gasteiger partial charge is 0.482 e. The Bertz CT molecular complexity index is 881. The summed E-state index contributed by atoms with van der Waals surface area (Å²) in [4.78, 5) is 23.2. The highest BCUT2D eigenvalue weighted by Gasteiger charge is 2.17. The Labute approximate surface area is 164 Å². The molecule has 2 aromatic carbocycles. The molecular formula is C19H18BrN3O4. The quantitative estimate of drug-likeness (QED) is 0.560. The lowest BCUT2D eigenvalue weighted by Crippen LogP contribution is -2.26. The smallest absolute Gasteiger partial charge is 0.427 e. The molecule has 3 rings (SSSR count). The van der Waals surface area contributed by atoms with E-state index in [1.807, 2.05) is 30.3 Å². The predicted octanol–water partition coefficient (Wildman–Crippen LogP) is 3.47. The second kappa shape index (κ2) is 8.68. The number of rotatable bonds is 5. The van der Waals surface area contributed by atoms with Crippen LogP contribution in [0.25, 0.3) is 0 Å². The Morgan fingerprint density at radius 1 is 1.30 bits per heavy atom. The Morgan fingerprint density at radius 2 is 2.07 bits per heavy atom. The Morgan fingerprint density at radius 3 is 2.81 bits per heavy atom. The number of benzene rings is 2. The molecule has 1 heterocycles. The molecule has 0 saturated heterocycles. The second-order valence-corrected chi connectivity index (χ2v) is 6.66. The molecule has 0 fully saturated rings. The lowest BCUT2D eigenvalue weighted by molar-refractivity contribution is -0.118. The van der Waals surface area contributed by atoms with Crippen LogP contribution in [0.2, 0.25) is 0 Å². The molecule has 0 unspecified atom stereocenters. The van der Waals surface area contributed by atoms with Crippen molar-refractivity contribution in [2.45, 2.75) is 13.3 Å². The van der Waals surface area contributed by atoms with Crippen molar-refractivity contribution < 1.29 is 19.1 Å². The van der Waals surface area contributed by atoms with E-state index in [1.54, 1.807) is 19.1 Å². The van der Waals surface area contributed by atoms with Crippen LogP contribution in [0.5, 0.6) is 5.75 Å². The van der Waals surface area contributed by atoms with Crippen molar-refractivity contribution >= 4 is 39.3 Å². The summed E-state index contributed by atoms with van der Waals surface area (Å²) in [6, 6.07) is 13.2. The third kappa shape index (κ3) is 5.07. The van der Waals surface area contributed by atoms with Crippen LogP contribution in [0.4, 0.5) is 10.5 Å². The first-order valence-electron chi connectivity index (χ1n) is 8.36. The van der Waals surface area contributed by atoms with E-state index in [4.69, 9.17) is 9.47 Å². The van der Waals surface area contributed by atoms with Crippen molar-refractivity contribution in [1.82, 2.24) is 5.43 Å². The minimum absolute atomic E-state index is 0.00337. The summed E-state index contributed by atoms with van der Waals surface area (Å²) in [5.41, 5.74) is 5.36. The van der Waals surface area contributed by atoms with Crippen molar-refractivity contribution in [3.63, 3.8) is 0 Å². The van der Waals surface area contributed by atoms with Crippen LogP contribution in [0.1, 0.15) is 18.1 Å². The van der Waals surface area contributed by atoms with Crippen molar-refractivity contribution in [1.29, 1.82) is 0 Å². The molecule has 1 aliphatic rings. The van der Waals surface area contributed by atoms with E-state index in [9.17, 15) is 9.59 Å². The molecule has 8 heteroatoms. The number of hydrogen-bond acceptors (Lipinski definition) is 5. The van der Waals surface area contributed by atoms with E-state index < -0.39 is 6.09 Å². The molecule has 0 atom stereocenters. The second-order valence-electron chi connectivity index (χ2n) is 5.74. The van der Waals surface area contributed by atoms with Crippen molar-refractivity contribution in [3.8, 4) is 5.75 Å². The molecule has 2 aromatic rings.